The number of hydrogen-bond donors (Lipinski definition) is 1. The van der Waals surface area contributed by atoms with E-state index in [1.54, 1.807) is 17.5 Å². The Morgan fingerprint density at radius 1 is 1.64 bits per heavy atom. The Hall–Kier alpha value is -1.43. The summed E-state index contributed by atoms with van der Waals surface area (Å²) in [6.45, 7) is 1.72. The van der Waals surface area contributed by atoms with Crippen molar-refractivity contribution >= 4 is 27.5 Å². The minimum Gasteiger partial charge on any atom is -0.476 e. The lowest BCUT2D eigenvalue weighted by Gasteiger charge is -2.00. The lowest BCUT2D eigenvalue weighted by atomic mass is 10.4. The molecule has 0 aromatic carbocycles. The van der Waals surface area contributed by atoms with E-state index in [1.807, 2.05) is 0 Å². The Balaban J connectivity index is 2.82. The first-order chi connectivity index (χ1) is 6.59. The van der Waals surface area contributed by atoms with Gasteiger partial charge in [0.1, 0.15) is 4.60 Å². The third-order valence-electron chi connectivity index (χ3n) is 1.83. The molecule has 2 aromatic rings. The Morgan fingerprint density at radius 3 is 3.00 bits per heavy atom. The van der Waals surface area contributed by atoms with Crippen molar-refractivity contribution < 1.29 is 9.90 Å². The molecule has 0 amide bonds. The van der Waals surface area contributed by atoms with Crippen molar-refractivity contribution in [2.24, 2.45) is 0 Å². The summed E-state index contributed by atoms with van der Waals surface area (Å²) in [4.78, 5) is 18.7. The van der Waals surface area contributed by atoms with Gasteiger partial charge in [0.25, 0.3) is 0 Å². The van der Waals surface area contributed by atoms with Gasteiger partial charge < -0.3 is 5.11 Å². The zero-order valence-electron chi connectivity index (χ0n) is 7.23. The van der Waals surface area contributed by atoms with Gasteiger partial charge >= 0.3 is 5.97 Å². The lowest BCUT2D eigenvalue weighted by Crippen LogP contribution is -2.05. The first-order valence-electron chi connectivity index (χ1n) is 3.83. The number of carboxylic acids is 1. The lowest BCUT2D eigenvalue weighted by molar-refractivity contribution is 0.0689. The van der Waals surface area contributed by atoms with Crippen molar-refractivity contribution in [3.05, 3.63) is 28.4 Å². The molecule has 0 atom stereocenters. The van der Waals surface area contributed by atoms with Crippen molar-refractivity contribution in [1.82, 2.24) is 14.4 Å². The fourth-order valence-electron chi connectivity index (χ4n) is 1.22. The summed E-state index contributed by atoms with van der Waals surface area (Å²) in [5.41, 5.74) is 1.26. The first kappa shape index (κ1) is 9.14. The highest BCUT2D eigenvalue weighted by atomic mass is 79.9. The molecule has 6 heteroatoms. The van der Waals surface area contributed by atoms with Gasteiger partial charge in [-0.05, 0) is 22.9 Å². The Morgan fingerprint density at radius 2 is 2.36 bits per heavy atom. The third-order valence-corrected chi connectivity index (χ3v) is 2.42. The average molecular weight is 256 g/mol. The van der Waals surface area contributed by atoms with E-state index >= 15 is 0 Å². The van der Waals surface area contributed by atoms with E-state index in [1.165, 1.54) is 6.20 Å². The van der Waals surface area contributed by atoms with Crippen LogP contribution in [0.4, 0.5) is 0 Å². The molecule has 2 aromatic heterocycles. The van der Waals surface area contributed by atoms with Gasteiger partial charge in [0.15, 0.2) is 11.3 Å². The number of carbonyl (C=O) groups is 1. The molecule has 5 nitrogen and oxygen atoms in total. The summed E-state index contributed by atoms with van der Waals surface area (Å²) in [7, 11) is 0. The number of nitrogens with zero attached hydrogens (tertiary/aromatic N) is 3. The van der Waals surface area contributed by atoms with E-state index in [0.717, 1.165) is 0 Å². The second kappa shape index (κ2) is 3.06. The molecule has 2 rings (SSSR count). The molecule has 2 heterocycles. The summed E-state index contributed by atoms with van der Waals surface area (Å²) in [5.74, 6) is -1.05. The summed E-state index contributed by atoms with van der Waals surface area (Å²) < 4.78 is 2.35. The van der Waals surface area contributed by atoms with Crippen LogP contribution in [-0.2, 0) is 0 Å². The van der Waals surface area contributed by atoms with Gasteiger partial charge in [-0.25, -0.2) is 14.8 Å². The molecule has 0 unspecified atom stereocenters. The molecule has 0 spiro atoms. The van der Waals surface area contributed by atoms with Gasteiger partial charge in [0.2, 0.25) is 0 Å². The van der Waals surface area contributed by atoms with Crippen molar-refractivity contribution in [3.8, 4) is 0 Å². The fraction of sp³-hybridized carbons (Fsp3) is 0.125. The number of imidazole rings is 1. The van der Waals surface area contributed by atoms with Crippen LogP contribution in [0.2, 0.25) is 0 Å². The summed E-state index contributed by atoms with van der Waals surface area (Å²) in [6.07, 6.45) is 3.04. The number of carboxylic acid groups (broad SMARTS) is 1. The molecular weight excluding hydrogens is 250 g/mol. The number of aryl methyl sites for hydroxylation is 1. The van der Waals surface area contributed by atoms with E-state index in [4.69, 9.17) is 5.11 Å². The molecule has 0 aliphatic rings. The molecule has 0 fully saturated rings. The Labute approximate surface area is 87.5 Å². The van der Waals surface area contributed by atoms with Crippen LogP contribution in [0.5, 0.6) is 0 Å². The van der Waals surface area contributed by atoms with Gasteiger partial charge in [-0.2, -0.15) is 0 Å². The zero-order chi connectivity index (χ0) is 10.3. The predicted molar refractivity (Wildman–Crippen MR) is 52.4 cm³/mol. The summed E-state index contributed by atoms with van der Waals surface area (Å²) >= 11 is 3.26. The van der Waals surface area contributed by atoms with Crippen molar-refractivity contribution in [1.29, 1.82) is 0 Å². The maximum atomic E-state index is 10.7. The number of aromatic carboxylic acids is 1. The number of aromatic nitrogens is 3. The van der Waals surface area contributed by atoms with Crippen molar-refractivity contribution in [3.63, 3.8) is 0 Å². The van der Waals surface area contributed by atoms with Gasteiger partial charge in [-0.1, -0.05) is 0 Å². The van der Waals surface area contributed by atoms with E-state index in [2.05, 4.69) is 25.9 Å². The van der Waals surface area contributed by atoms with Crippen molar-refractivity contribution in [2.45, 2.75) is 6.92 Å². The third kappa shape index (κ3) is 1.27. The molecule has 0 radical (unpaired) electrons. The molecule has 0 aliphatic carbocycles. The molecule has 0 aliphatic heterocycles. The van der Waals surface area contributed by atoms with E-state index in [0.29, 0.717) is 15.9 Å². The van der Waals surface area contributed by atoms with Gasteiger partial charge in [0, 0.05) is 6.20 Å². The van der Waals surface area contributed by atoms with Gasteiger partial charge in [0.05, 0.1) is 11.9 Å². The molecule has 0 saturated heterocycles. The average Bonchev–Trinajstić information content (AvgIpc) is 2.48. The first-order valence-corrected chi connectivity index (χ1v) is 4.62. The van der Waals surface area contributed by atoms with Crippen LogP contribution >= 0.6 is 15.9 Å². The second-order valence-corrected chi connectivity index (χ2v) is 3.60. The van der Waals surface area contributed by atoms with Crippen LogP contribution in [0.3, 0.4) is 0 Å². The minimum absolute atomic E-state index is 0.00806. The molecule has 72 valence electrons. The second-order valence-electron chi connectivity index (χ2n) is 2.79. The highest BCUT2D eigenvalue weighted by Gasteiger charge is 2.10. The van der Waals surface area contributed by atoms with Crippen LogP contribution in [-0.4, -0.2) is 25.4 Å². The number of halogens is 1. The topological polar surface area (TPSA) is 67.5 Å². The molecule has 0 saturated carbocycles. The number of hydrogen-bond acceptors (Lipinski definition) is 3. The fourth-order valence-corrected chi connectivity index (χ4v) is 1.59. The minimum atomic E-state index is -1.05. The molecular formula is C8H6BrN3O2. The van der Waals surface area contributed by atoms with Gasteiger partial charge in [-0.3, -0.25) is 4.40 Å². The number of fused-ring (bicyclic) bond motifs is 1. The summed E-state index contributed by atoms with van der Waals surface area (Å²) in [6, 6.07) is 0. The van der Waals surface area contributed by atoms with Crippen LogP contribution in [0.1, 0.15) is 16.2 Å². The monoisotopic (exact) mass is 255 g/mol. The SMILES string of the molecule is Cc1nc(C(=O)O)cn2c(Br)cnc12. The quantitative estimate of drug-likeness (QED) is 0.839. The number of rotatable bonds is 1. The van der Waals surface area contributed by atoms with Gasteiger partial charge in [-0.15, -0.1) is 0 Å². The highest BCUT2D eigenvalue weighted by molar-refractivity contribution is 9.10. The van der Waals surface area contributed by atoms with Crippen LogP contribution < -0.4 is 0 Å². The zero-order valence-corrected chi connectivity index (χ0v) is 8.82. The Bertz CT molecular complexity index is 521. The summed E-state index contributed by atoms with van der Waals surface area (Å²) in [5, 5.41) is 8.79. The smallest absolute Gasteiger partial charge is 0.356 e. The molecule has 0 bridgehead atoms. The maximum absolute atomic E-state index is 10.7. The van der Waals surface area contributed by atoms with Crippen LogP contribution in [0.15, 0.2) is 17.0 Å². The standard InChI is InChI=1S/C8H6BrN3O2/c1-4-7-10-2-6(9)12(7)3-5(11-4)8(13)14/h2-3H,1H3,(H,13,14). The highest BCUT2D eigenvalue weighted by Crippen LogP contribution is 2.15. The predicted octanol–water partition coefficient (Wildman–Crippen LogP) is 1.50. The largest absolute Gasteiger partial charge is 0.476 e. The van der Waals surface area contributed by atoms with E-state index in [9.17, 15) is 4.79 Å². The van der Waals surface area contributed by atoms with Crippen LogP contribution in [0, 0.1) is 6.92 Å². The van der Waals surface area contributed by atoms with E-state index in [-0.39, 0.29) is 5.69 Å². The molecule has 14 heavy (non-hydrogen) atoms. The Kier molecular flexibility index (Phi) is 1.99. The van der Waals surface area contributed by atoms with Crippen LogP contribution in [0.25, 0.3) is 5.65 Å². The molecule has 1 N–H and O–H groups in total. The normalized spacial score (nSPS) is 10.7. The van der Waals surface area contributed by atoms with Crippen molar-refractivity contribution in [2.75, 3.05) is 0 Å². The maximum Gasteiger partial charge on any atom is 0.356 e. The van der Waals surface area contributed by atoms with E-state index < -0.39 is 5.97 Å².